The Kier molecular flexibility index (Phi) is 8.39. The van der Waals surface area contributed by atoms with Crippen LogP contribution in [0, 0.1) is 0 Å². The molecule has 1 aliphatic heterocycles. The molecule has 1 heterocycles. The monoisotopic (exact) mass is 518 g/mol. The number of rotatable bonds is 6. The Bertz CT molecular complexity index is 916. The number of ether oxygens (including phenoxy) is 2. The molecule has 1 aliphatic rings. The van der Waals surface area contributed by atoms with Crippen LogP contribution in [0.2, 0.25) is 20.1 Å². The van der Waals surface area contributed by atoms with E-state index < -0.39 is 12.2 Å². The second-order valence-electron chi connectivity index (χ2n) is 7.32. The van der Waals surface area contributed by atoms with Gasteiger partial charge in [0.2, 0.25) is 0 Å². The molecule has 1 saturated heterocycles. The summed E-state index contributed by atoms with van der Waals surface area (Å²) in [5.41, 5.74) is 0. The minimum atomic E-state index is -0.731. The maximum atomic E-state index is 12.8. The lowest BCUT2D eigenvalue weighted by molar-refractivity contribution is -0.146. The molecule has 32 heavy (non-hydrogen) atoms. The van der Waals surface area contributed by atoms with E-state index in [0.717, 1.165) is 0 Å². The van der Waals surface area contributed by atoms with Crippen LogP contribution in [0.1, 0.15) is 13.8 Å². The standard InChI is InChI=1S/C22H22Cl4N2O4/c1-13(31-19-5-3-15(23)11-17(19)25)21(29)27-7-9-28(10-8-27)22(30)14(2)32-20-6-4-16(24)12-18(20)26/h3-6,11-14H,7-10H2,1-2H3/t13-,14-/m0/s1. The Labute approximate surface area is 206 Å². The largest absolute Gasteiger partial charge is 0.479 e. The molecule has 0 radical (unpaired) electrons. The van der Waals surface area contributed by atoms with Crippen LogP contribution in [0.3, 0.4) is 0 Å². The smallest absolute Gasteiger partial charge is 0.263 e. The van der Waals surface area contributed by atoms with Crippen LogP contribution in [0.25, 0.3) is 0 Å². The van der Waals surface area contributed by atoms with Gasteiger partial charge in [0.05, 0.1) is 10.0 Å². The predicted octanol–water partition coefficient (Wildman–Crippen LogP) is 5.21. The molecule has 0 saturated carbocycles. The minimum Gasteiger partial charge on any atom is -0.479 e. The van der Waals surface area contributed by atoms with Crippen LogP contribution in [-0.4, -0.2) is 60.0 Å². The van der Waals surface area contributed by atoms with Gasteiger partial charge in [-0.2, -0.15) is 0 Å². The highest BCUT2D eigenvalue weighted by atomic mass is 35.5. The van der Waals surface area contributed by atoms with Gasteiger partial charge in [0.15, 0.2) is 12.2 Å². The summed E-state index contributed by atoms with van der Waals surface area (Å²) in [6.07, 6.45) is -1.46. The van der Waals surface area contributed by atoms with E-state index in [1.807, 2.05) is 0 Å². The number of halogens is 4. The summed E-state index contributed by atoms with van der Waals surface area (Å²) in [7, 11) is 0. The first-order valence-electron chi connectivity index (χ1n) is 9.96. The van der Waals surface area contributed by atoms with Crippen molar-refractivity contribution in [2.45, 2.75) is 26.1 Å². The highest BCUT2D eigenvalue weighted by Gasteiger charge is 2.30. The van der Waals surface area contributed by atoms with Crippen molar-refractivity contribution in [3.8, 4) is 11.5 Å². The molecule has 6 nitrogen and oxygen atoms in total. The Morgan fingerprint density at radius 2 is 1.06 bits per heavy atom. The molecule has 172 valence electrons. The SMILES string of the molecule is C[C@H](Oc1ccc(Cl)cc1Cl)C(=O)N1CCN(C(=O)[C@H](C)Oc2ccc(Cl)cc2Cl)CC1. The normalized spacial score (nSPS) is 15.8. The van der Waals surface area contributed by atoms with Gasteiger partial charge in [-0.15, -0.1) is 0 Å². The molecule has 0 unspecified atom stereocenters. The highest BCUT2D eigenvalue weighted by molar-refractivity contribution is 6.36. The van der Waals surface area contributed by atoms with Crippen molar-refractivity contribution in [2.24, 2.45) is 0 Å². The molecule has 2 atom stereocenters. The van der Waals surface area contributed by atoms with Gasteiger partial charge in [0.1, 0.15) is 11.5 Å². The molecule has 2 aromatic carbocycles. The van der Waals surface area contributed by atoms with Crippen LogP contribution in [0.4, 0.5) is 0 Å². The molecule has 2 aromatic rings. The first kappa shape index (κ1) is 24.8. The number of benzene rings is 2. The van der Waals surface area contributed by atoms with Crippen molar-refractivity contribution in [1.82, 2.24) is 9.80 Å². The fourth-order valence-corrected chi connectivity index (χ4v) is 4.19. The second-order valence-corrected chi connectivity index (χ2v) is 9.01. The Morgan fingerprint density at radius 1 is 0.719 bits per heavy atom. The third kappa shape index (κ3) is 6.13. The summed E-state index contributed by atoms with van der Waals surface area (Å²) >= 11 is 24.0. The van der Waals surface area contributed by atoms with Crippen molar-refractivity contribution in [1.29, 1.82) is 0 Å². The summed E-state index contributed by atoms with van der Waals surface area (Å²) in [4.78, 5) is 28.9. The van der Waals surface area contributed by atoms with Gasteiger partial charge >= 0.3 is 0 Å². The zero-order valence-electron chi connectivity index (χ0n) is 17.5. The number of hydrogen-bond acceptors (Lipinski definition) is 4. The topological polar surface area (TPSA) is 59.1 Å². The lowest BCUT2D eigenvalue weighted by atomic mass is 10.2. The van der Waals surface area contributed by atoms with Crippen molar-refractivity contribution >= 4 is 58.2 Å². The lowest BCUT2D eigenvalue weighted by Crippen LogP contribution is -2.55. The van der Waals surface area contributed by atoms with Crippen LogP contribution >= 0.6 is 46.4 Å². The first-order valence-corrected chi connectivity index (χ1v) is 11.5. The summed E-state index contributed by atoms with van der Waals surface area (Å²) in [5, 5.41) is 1.64. The average molecular weight is 520 g/mol. The third-order valence-electron chi connectivity index (χ3n) is 4.99. The zero-order chi connectivity index (χ0) is 23.4. The number of nitrogens with zero attached hydrogens (tertiary/aromatic N) is 2. The molecule has 0 N–H and O–H groups in total. The van der Waals surface area contributed by atoms with E-state index in [2.05, 4.69) is 0 Å². The van der Waals surface area contributed by atoms with E-state index in [4.69, 9.17) is 55.9 Å². The quantitative estimate of drug-likeness (QED) is 0.526. The Morgan fingerprint density at radius 3 is 1.38 bits per heavy atom. The van der Waals surface area contributed by atoms with Crippen LogP contribution in [-0.2, 0) is 9.59 Å². The molecule has 0 aromatic heterocycles. The number of carbonyl (C=O) groups excluding carboxylic acids is 2. The summed E-state index contributed by atoms with van der Waals surface area (Å²) in [5.74, 6) is 0.413. The summed E-state index contributed by atoms with van der Waals surface area (Å²) in [6.45, 7) is 4.89. The molecular formula is C22H22Cl4N2O4. The fraction of sp³-hybridized carbons (Fsp3) is 0.364. The summed E-state index contributed by atoms with van der Waals surface area (Å²) in [6, 6.07) is 9.65. The molecule has 3 rings (SSSR count). The third-order valence-corrected chi connectivity index (χ3v) is 6.05. The van der Waals surface area contributed by atoms with Gasteiger partial charge < -0.3 is 19.3 Å². The Hall–Kier alpha value is -1.86. The lowest BCUT2D eigenvalue weighted by Gasteiger charge is -2.36. The number of hydrogen-bond donors (Lipinski definition) is 0. The van der Waals surface area contributed by atoms with Gasteiger partial charge in [0, 0.05) is 36.2 Å². The van der Waals surface area contributed by atoms with Crippen LogP contribution in [0.5, 0.6) is 11.5 Å². The average Bonchev–Trinajstić information content (AvgIpc) is 2.76. The molecule has 0 spiro atoms. The molecule has 10 heteroatoms. The van der Waals surface area contributed by atoms with E-state index in [1.165, 1.54) is 0 Å². The van der Waals surface area contributed by atoms with Crippen molar-refractivity contribution < 1.29 is 19.1 Å². The van der Waals surface area contributed by atoms with Crippen LogP contribution in [0.15, 0.2) is 36.4 Å². The molecular weight excluding hydrogens is 498 g/mol. The maximum Gasteiger partial charge on any atom is 0.263 e. The van der Waals surface area contributed by atoms with E-state index in [-0.39, 0.29) is 11.8 Å². The zero-order valence-corrected chi connectivity index (χ0v) is 20.5. The van der Waals surface area contributed by atoms with Gasteiger partial charge in [-0.25, -0.2) is 0 Å². The second kappa shape index (κ2) is 10.8. The number of piperazine rings is 1. The van der Waals surface area contributed by atoms with Crippen LogP contribution < -0.4 is 9.47 Å². The van der Waals surface area contributed by atoms with E-state index in [0.29, 0.717) is 57.8 Å². The number of amides is 2. The van der Waals surface area contributed by atoms with Gasteiger partial charge in [-0.3, -0.25) is 9.59 Å². The molecule has 2 amide bonds. The molecule has 0 aliphatic carbocycles. The first-order chi connectivity index (χ1) is 15.2. The molecule has 1 fully saturated rings. The van der Waals surface area contributed by atoms with Crippen molar-refractivity contribution in [3.63, 3.8) is 0 Å². The minimum absolute atomic E-state index is 0.180. The predicted molar refractivity (Wildman–Crippen MR) is 126 cm³/mol. The van der Waals surface area contributed by atoms with Gasteiger partial charge in [-0.05, 0) is 50.2 Å². The van der Waals surface area contributed by atoms with E-state index in [1.54, 1.807) is 60.0 Å². The summed E-state index contributed by atoms with van der Waals surface area (Å²) < 4.78 is 11.4. The maximum absolute atomic E-state index is 12.8. The van der Waals surface area contributed by atoms with E-state index in [9.17, 15) is 9.59 Å². The number of carbonyl (C=O) groups is 2. The fourth-order valence-electron chi connectivity index (χ4n) is 3.28. The van der Waals surface area contributed by atoms with Crippen molar-refractivity contribution in [3.05, 3.63) is 56.5 Å². The highest BCUT2D eigenvalue weighted by Crippen LogP contribution is 2.29. The molecule has 0 bridgehead atoms. The van der Waals surface area contributed by atoms with Gasteiger partial charge in [-0.1, -0.05) is 46.4 Å². The van der Waals surface area contributed by atoms with Crippen molar-refractivity contribution in [2.75, 3.05) is 26.2 Å². The van der Waals surface area contributed by atoms with E-state index >= 15 is 0 Å². The Balaban J connectivity index is 1.52. The van der Waals surface area contributed by atoms with Gasteiger partial charge in [0.25, 0.3) is 11.8 Å².